The van der Waals surface area contributed by atoms with Crippen molar-refractivity contribution in [3.8, 4) is 0 Å². The number of nitrogens with zero attached hydrogens (tertiary/aromatic N) is 1. The Balaban J connectivity index is 1.64. The van der Waals surface area contributed by atoms with Crippen molar-refractivity contribution in [1.29, 1.82) is 0 Å². The first-order valence-electron chi connectivity index (χ1n) is 6.27. The molecule has 88 valence electrons. The third-order valence-electron chi connectivity index (χ3n) is 3.67. The van der Waals surface area contributed by atoms with Gasteiger partial charge in [0.2, 0.25) is 0 Å². The van der Waals surface area contributed by atoms with Gasteiger partial charge >= 0.3 is 0 Å². The van der Waals surface area contributed by atoms with Gasteiger partial charge in [-0.2, -0.15) is 0 Å². The van der Waals surface area contributed by atoms with E-state index in [1.165, 1.54) is 19.3 Å². The van der Waals surface area contributed by atoms with Gasteiger partial charge in [-0.15, -0.1) is 0 Å². The average Bonchev–Trinajstić information content (AvgIpc) is 2.62. The molecule has 1 aliphatic heterocycles. The highest BCUT2D eigenvalue weighted by Crippen LogP contribution is 2.24. The molecule has 15 heavy (non-hydrogen) atoms. The molecule has 1 N–H and O–H groups in total. The summed E-state index contributed by atoms with van der Waals surface area (Å²) >= 11 is 0. The van der Waals surface area contributed by atoms with E-state index in [0.717, 1.165) is 38.2 Å². The molecule has 0 aromatic carbocycles. The lowest BCUT2D eigenvalue weighted by Crippen LogP contribution is -2.46. The summed E-state index contributed by atoms with van der Waals surface area (Å²) in [5.74, 6) is 0.914. The Bertz CT molecular complexity index is 198. The van der Waals surface area contributed by atoms with E-state index in [-0.39, 0.29) is 0 Å². The van der Waals surface area contributed by atoms with Crippen LogP contribution in [0, 0.1) is 5.92 Å². The van der Waals surface area contributed by atoms with Gasteiger partial charge in [0, 0.05) is 25.7 Å². The fourth-order valence-corrected chi connectivity index (χ4v) is 2.68. The summed E-state index contributed by atoms with van der Waals surface area (Å²) in [7, 11) is 2.17. The van der Waals surface area contributed by atoms with Crippen molar-refractivity contribution in [3.05, 3.63) is 0 Å². The van der Waals surface area contributed by atoms with E-state index >= 15 is 0 Å². The molecule has 0 radical (unpaired) electrons. The van der Waals surface area contributed by atoms with Crippen molar-refractivity contribution in [1.82, 2.24) is 10.2 Å². The molecule has 1 saturated heterocycles. The Morgan fingerprint density at radius 3 is 2.93 bits per heavy atom. The zero-order valence-corrected chi connectivity index (χ0v) is 10.0. The normalized spacial score (nSPS) is 38.4. The largest absolute Gasteiger partial charge is 0.374 e. The number of ether oxygens (including phenoxy) is 1. The van der Waals surface area contributed by atoms with E-state index in [2.05, 4.69) is 24.2 Å². The maximum atomic E-state index is 5.73. The predicted molar refractivity (Wildman–Crippen MR) is 62.0 cm³/mol. The average molecular weight is 212 g/mol. The van der Waals surface area contributed by atoms with Gasteiger partial charge in [0.25, 0.3) is 0 Å². The molecule has 1 saturated carbocycles. The zero-order chi connectivity index (χ0) is 10.7. The Morgan fingerprint density at radius 2 is 2.27 bits per heavy atom. The van der Waals surface area contributed by atoms with Gasteiger partial charge in [-0.25, -0.2) is 0 Å². The monoisotopic (exact) mass is 212 g/mol. The number of likely N-dealkylation sites (N-methyl/N-ethyl adjacent to an activating group) is 1. The molecule has 1 aliphatic carbocycles. The molecule has 0 aromatic rings. The van der Waals surface area contributed by atoms with Crippen molar-refractivity contribution in [2.45, 2.75) is 38.3 Å². The maximum Gasteiger partial charge on any atom is 0.0826 e. The maximum absolute atomic E-state index is 5.73. The van der Waals surface area contributed by atoms with Crippen LogP contribution in [0.4, 0.5) is 0 Å². The third kappa shape index (κ3) is 3.44. The van der Waals surface area contributed by atoms with Gasteiger partial charge in [0.05, 0.1) is 12.7 Å². The standard InChI is InChI=1S/C12H24N2O/c1-10-3-4-11(7-10)13-8-12-9-14(2)5-6-15-12/h10-13H,3-9H2,1-2H3. The van der Waals surface area contributed by atoms with Crippen LogP contribution >= 0.6 is 0 Å². The highest BCUT2D eigenvalue weighted by atomic mass is 16.5. The minimum Gasteiger partial charge on any atom is -0.374 e. The predicted octanol–water partition coefficient (Wildman–Crippen LogP) is 1.10. The van der Waals surface area contributed by atoms with Gasteiger partial charge in [-0.1, -0.05) is 6.92 Å². The van der Waals surface area contributed by atoms with Crippen LogP contribution in [-0.4, -0.2) is 50.3 Å². The molecule has 3 unspecified atom stereocenters. The number of nitrogens with one attached hydrogen (secondary N) is 1. The summed E-state index contributed by atoms with van der Waals surface area (Å²) in [4.78, 5) is 2.35. The second-order valence-electron chi connectivity index (χ2n) is 5.28. The summed E-state index contributed by atoms with van der Waals surface area (Å²) in [5.41, 5.74) is 0. The molecule has 0 bridgehead atoms. The molecule has 2 fully saturated rings. The molecular weight excluding hydrogens is 188 g/mol. The van der Waals surface area contributed by atoms with E-state index in [1.54, 1.807) is 0 Å². The quantitative estimate of drug-likeness (QED) is 0.758. The molecule has 0 amide bonds. The summed E-state index contributed by atoms with van der Waals surface area (Å²) < 4.78 is 5.73. The first-order valence-corrected chi connectivity index (χ1v) is 6.27. The number of rotatable bonds is 3. The van der Waals surface area contributed by atoms with Crippen molar-refractivity contribution in [3.63, 3.8) is 0 Å². The van der Waals surface area contributed by atoms with Crippen molar-refractivity contribution >= 4 is 0 Å². The van der Waals surface area contributed by atoms with Gasteiger partial charge in [-0.3, -0.25) is 0 Å². The lowest BCUT2D eigenvalue weighted by Gasteiger charge is -2.31. The molecular formula is C12H24N2O. The third-order valence-corrected chi connectivity index (χ3v) is 3.67. The van der Waals surface area contributed by atoms with E-state index in [1.807, 2.05) is 0 Å². The molecule has 2 aliphatic rings. The fourth-order valence-electron chi connectivity index (χ4n) is 2.68. The van der Waals surface area contributed by atoms with Crippen molar-refractivity contribution < 1.29 is 4.74 Å². The Labute approximate surface area is 93.2 Å². The summed E-state index contributed by atoms with van der Waals surface area (Å²) in [6.45, 7) is 6.43. The smallest absolute Gasteiger partial charge is 0.0826 e. The van der Waals surface area contributed by atoms with Crippen LogP contribution in [0.2, 0.25) is 0 Å². The van der Waals surface area contributed by atoms with Crippen molar-refractivity contribution in [2.75, 3.05) is 33.3 Å². The first-order chi connectivity index (χ1) is 7.24. The summed E-state index contributed by atoms with van der Waals surface area (Å²) in [6.07, 6.45) is 4.50. The van der Waals surface area contributed by atoms with Gasteiger partial charge in [-0.05, 0) is 32.2 Å². The second kappa shape index (κ2) is 5.28. The molecule has 3 atom stereocenters. The minimum absolute atomic E-state index is 0.402. The Hall–Kier alpha value is -0.120. The van der Waals surface area contributed by atoms with Gasteiger partial charge < -0.3 is 15.0 Å². The van der Waals surface area contributed by atoms with Crippen LogP contribution in [0.1, 0.15) is 26.2 Å². The van der Waals surface area contributed by atoms with Crippen LogP contribution in [0.3, 0.4) is 0 Å². The number of hydrogen-bond donors (Lipinski definition) is 1. The summed E-state index contributed by atoms with van der Waals surface area (Å²) in [6, 6.07) is 0.746. The number of morpholine rings is 1. The van der Waals surface area contributed by atoms with Crippen molar-refractivity contribution in [2.24, 2.45) is 5.92 Å². The second-order valence-corrected chi connectivity index (χ2v) is 5.28. The van der Waals surface area contributed by atoms with E-state index in [4.69, 9.17) is 4.74 Å². The lowest BCUT2D eigenvalue weighted by molar-refractivity contribution is -0.0192. The highest BCUT2D eigenvalue weighted by molar-refractivity contribution is 4.80. The highest BCUT2D eigenvalue weighted by Gasteiger charge is 2.23. The van der Waals surface area contributed by atoms with E-state index in [0.29, 0.717) is 6.10 Å². The van der Waals surface area contributed by atoms with Crippen LogP contribution in [-0.2, 0) is 4.74 Å². The molecule has 0 aromatic heterocycles. The van der Waals surface area contributed by atoms with E-state index in [9.17, 15) is 0 Å². The summed E-state index contributed by atoms with van der Waals surface area (Å²) in [5, 5.41) is 3.65. The molecule has 3 heteroatoms. The zero-order valence-electron chi connectivity index (χ0n) is 10.0. The molecule has 1 heterocycles. The molecule has 3 nitrogen and oxygen atoms in total. The molecule has 2 rings (SSSR count). The van der Waals surface area contributed by atoms with Crippen LogP contribution in [0.25, 0.3) is 0 Å². The van der Waals surface area contributed by atoms with Crippen LogP contribution in [0.15, 0.2) is 0 Å². The Kier molecular flexibility index (Phi) is 4.00. The first kappa shape index (κ1) is 11.4. The van der Waals surface area contributed by atoms with Gasteiger partial charge in [0.15, 0.2) is 0 Å². The van der Waals surface area contributed by atoms with Crippen LogP contribution < -0.4 is 5.32 Å². The Morgan fingerprint density at radius 1 is 1.40 bits per heavy atom. The lowest BCUT2D eigenvalue weighted by atomic mass is 10.1. The van der Waals surface area contributed by atoms with E-state index < -0.39 is 0 Å². The number of hydrogen-bond acceptors (Lipinski definition) is 3. The van der Waals surface area contributed by atoms with Gasteiger partial charge in [0.1, 0.15) is 0 Å². The topological polar surface area (TPSA) is 24.5 Å². The van der Waals surface area contributed by atoms with Crippen LogP contribution in [0.5, 0.6) is 0 Å². The molecule has 0 spiro atoms. The minimum atomic E-state index is 0.402. The fraction of sp³-hybridized carbons (Fsp3) is 1.00. The SMILES string of the molecule is CC1CCC(NCC2CN(C)CCO2)C1.